The van der Waals surface area contributed by atoms with Crippen LogP contribution in [-0.4, -0.2) is 48.2 Å². The van der Waals surface area contributed by atoms with Crippen LogP contribution in [0.4, 0.5) is 17.1 Å². The number of nitrogens with one attached hydrogen (secondary N) is 1. The smallest absolute Gasteiger partial charge is 0.414 e. The molecule has 2 heterocycles. The summed E-state index contributed by atoms with van der Waals surface area (Å²) in [4.78, 5) is 35.1. The number of furan rings is 1. The van der Waals surface area contributed by atoms with Crippen molar-refractivity contribution in [2.75, 3.05) is 29.9 Å². The van der Waals surface area contributed by atoms with Gasteiger partial charge < -0.3 is 29.7 Å². The molecule has 1 aliphatic heterocycles. The van der Waals surface area contributed by atoms with Crippen LogP contribution in [0.5, 0.6) is 0 Å². The number of para-hydroxylation sites is 1. The molecule has 1 aliphatic rings. The van der Waals surface area contributed by atoms with Gasteiger partial charge in [-0.15, -0.1) is 0 Å². The molecule has 0 bridgehead atoms. The van der Waals surface area contributed by atoms with Gasteiger partial charge in [0.1, 0.15) is 5.76 Å². The zero-order chi connectivity index (χ0) is 24.7. The summed E-state index contributed by atoms with van der Waals surface area (Å²) in [6.45, 7) is 2.32. The Kier molecular flexibility index (Phi) is 8.29. The summed E-state index contributed by atoms with van der Waals surface area (Å²) in [5.41, 5.74) is 3.42. The number of amides is 1. The summed E-state index contributed by atoms with van der Waals surface area (Å²) >= 11 is 6.22. The van der Waals surface area contributed by atoms with E-state index in [2.05, 4.69) is 10.2 Å². The second-order valence-corrected chi connectivity index (χ2v) is 7.82. The van der Waals surface area contributed by atoms with Gasteiger partial charge in [-0.25, -0.2) is 9.59 Å². The van der Waals surface area contributed by atoms with Crippen LogP contribution >= 0.6 is 11.6 Å². The molecular weight excluding hydrogens is 462 g/mol. The molecule has 2 aromatic carbocycles. The number of carboxylic acid groups (broad SMARTS) is 2. The third-order valence-corrected chi connectivity index (χ3v) is 5.35. The highest BCUT2D eigenvalue weighted by atomic mass is 35.5. The maximum absolute atomic E-state index is 13.0. The number of aliphatic carboxylic acids is 2. The molecule has 0 saturated carbocycles. The standard InChI is InChI=1S/C22H22ClN3O2.C2H2O4/c1-25-21-14-16(23)9-10-20(21)26(19-8-3-2-7-18(19)22(25)27)12-5-11-24-15-17-6-4-13-28-17;3-1(4)2(5)6/h2-4,6-10,13-14,24H,5,11-12,15H2,1H3;(H,3,4)(H,5,6). The summed E-state index contributed by atoms with van der Waals surface area (Å²) in [7, 11) is 1.79. The molecule has 4 rings (SSSR count). The van der Waals surface area contributed by atoms with Crippen LogP contribution in [0, 0.1) is 0 Å². The molecule has 178 valence electrons. The van der Waals surface area contributed by atoms with Gasteiger partial charge in [-0.2, -0.15) is 0 Å². The van der Waals surface area contributed by atoms with Gasteiger partial charge in [0.15, 0.2) is 0 Å². The quantitative estimate of drug-likeness (QED) is 0.353. The van der Waals surface area contributed by atoms with Gasteiger partial charge in [0.2, 0.25) is 0 Å². The number of halogens is 1. The molecule has 0 spiro atoms. The molecule has 1 amide bonds. The van der Waals surface area contributed by atoms with Crippen molar-refractivity contribution in [2.24, 2.45) is 0 Å². The van der Waals surface area contributed by atoms with E-state index in [9.17, 15) is 4.79 Å². The van der Waals surface area contributed by atoms with Crippen LogP contribution in [0.2, 0.25) is 5.02 Å². The molecule has 0 radical (unpaired) electrons. The average molecular weight is 486 g/mol. The summed E-state index contributed by atoms with van der Waals surface area (Å²) in [6.07, 6.45) is 2.59. The zero-order valence-corrected chi connectivity index (χ0v) is 19.2. The van der Waals surface area contributed by atoms with Crippen molar-refractivity contribution >= 4 is 46.5 Å². The third-order valence-electron chi connectivity index (χ3n) is 5.12. The van der Waals surface area contributed by atoms with Crippen LogP contribution in [0.3, 0.4) is 0 Å². The van der Waals surface area contributed by atoms with E-state index in [-0.39, 0.29) is 5.91 Å². The molecule has 3 N–H and O–H groups in total. The Morgan fingerprint density at radius 3 is 2.41 bits per heavy atom. The lowest BCUT2D eigenvalue weighted by Gasteiger charge is -2.27. The minimum Gasteiger partial charge on any atom is -0.473 e. The van der Waals surface area contributed by atoms with E-state index in [1.807, 2.05) is 54.6 Å². The topological polar surface area (TPSA) is 123 Å². The molecule has 0 atom stereocenters. The Balaban J connectivity index is 0.000000481. The van der Waals surface area contributed by atoms with Gasteiger partial charge in [0.25, 0.3) is 5.91 Å². The van der Waals surface area contributed by atoms with E-state index in [1.165, 1.54) is 0 Å². The fraction of sp³-hybridized carbons (Fsp3) is 0.208. The van der Waals surface area contributed by atoms with Gasteiger partial charge in [-0.1, -0.05) is 23.7 Å². The number of nitrogens with zero attached hydrogens (tertiary/aromatic N) is 2. The monoisotopic (exact) mass is 485 g/mol. The molecule has 9 nitrogen and oxygen atoms in total. The van der Waals surface area contributed by atoms with Crippen molar-refractivity contribution in [3.63, 3.8) is 0 Å². The molecule has 0 unspecified atom stereocenters. The van der Waals surface area contributed by atoms with Gasteiger partial charge >= 0.3 is 11.9 Å². The van der Waals surface area contributed by atoms with Crippen LogP contribution in [0.15, 0.2) is 65.3 Å². The summed E-state index contributed by atoms with van der Waals surface area (Å²) in [5.74, 6) is -2.75. The molecule has 0 aliphatic carbocycles. The predicted molar refractivity (Wildman–Crippen MR) is 128 cm³/mol. The molecule has 34 heavy (non-hydrogen) atoms. The third kappa shape index (κ3) is 5.94. The summed E-state index contributed by atoms with van der Waals surface area (Å²) < 4.78 is 5.35. The lowest BCUT2D eigenvalue weighted by molar-refractivity contribution is -0.159. The second-order valence-electron chi connectivity index (χ2n) is 7.39. The van der Waals surface area contributed by atoms with Crippen molar-refractivity contribution in [1.82, 2.24) is 5.32 Å². The molecule has 0 saturated heterocycles. The highest BCUT2D eigenvalue weighted by molar-refractivity contribution is 6.31. The van der Waals surface area contributed by atoms with Crippen molar-refractivity contribution in [2.45, 2.75) is 13.0 Å². The first kappa shape index (κ1) is 24.8. The van der Waals surface area contributed by atoms with Crippen molar-refractivity contribution in [1.29, 1.82) is 0 Å². The van der Waals surface area contributed by atoms with Crippen molar-refractivity contribution < 1.29 is 29.0 Å². The number of benzene rings is 2. The van der Waals surface area contributed by atoms with Gasteiger partial charge in [-0.05, 0) is 55.4 Å². The first-order valence-corrected chi connectivity index (χ1v) is 10.8. The van der Waals surface area contributed by atoms with E-state index >= 15 is 0 Å². The van der Waals surface area contributed by atoms with E-state index in [0.29, 0.717) is 17.1 Å². The molecular formula is C24H24ClN3O6. The van der Waals surface area contributed by atoms with Gasteiger partial charge in [-0.3, -0.25) is 4.79 Å². The number of carboxylic acids is 2. The molecule has 1 aromatic heterocycles. The Hall–Kier alpha value is -3.82. The Morgan fingerprint density at radius 1 is 1.00 bits per heavy atom. The minimum atomic E-state index is -1.82. The second kappa shape index (κ2) is 11.4. The lowest BCUT2D eigenvalue weighted by Crippen LogP contribution is -2.25. The average Bonchev–Trinajstić information content (AvgIpc) is 3.32. The summed E-state index contributed by atoms with van der Waals surface area (Å²) in [6, 6.07) is 17.3. The molecule has 10 heteroatoms. The Morgan fingerprint density at radius 2 is 1.74 bits per heavy atom. The Bertz CT molecular complexity index is 1150. The number of carbonyl (C=O) groups is 3. The maximum Gasteiger partial charge on any atom is 0.414 e. The van der Waals surface area contributed by atoms with E-state index in [1.54, 1.807) is 18.2 Å². The van der Waals surface area contributed by atoms with E-state index in [4.69, 9.17) is 35.8 Å². The number of anilines is 3. The van der Waals surface area contributed by atoms with Crippen molar-refractivity contribution in [3.8, 4) is 0 Å². The minimum absolute atomic E-state index is 0.0300. The van der Waals surface area contributed by atoms with Gasteiger partial charge in [0, 0.05) is 18.6 Å². The van der Waals surface area contributed by atoms with E-state index in [0.717, 1.165) is 42.3 Å². The maximum atomic E-state index is 13.0. The predicted octanol–water partition coefficient (Wildman–Crippen LogP) is 4.00. The first-order chi connectivity index (χ1) is 16.3. The van der Waals surface area contributed by atoms with Gasteiger partial charge in [0.05, 0.1) is 35.4 Å². The molecule has 0 fully saturated rings. The van der Waals surface area contributed by atoms with E-state index < -0.39 is 11.9 Å². The van der Waals surface area contributed by atoms with Crippen LogP contribution in [0.1, 0.15) is 22.5 Å². The fourth-order valence-electron chi connectivity index (χ4n) is 3.53. The number of rotatable bonds is 6. The lowest BCUT2D eigenvalue weighted by atomic mass is 10.1. The highest BCUT2D eigenvalue weighted by Crippen LogP contribution is 2.41. The van der Waals surface area contributed by atoms with Crippen LogP contribution in [-0.2, 0) is 16.1 Å². The summed E-state index contributed by atoms with van der Waals surface area (Å²) in [5, 5.41) is 18.8. The Labute approximate surface area is 201 Å². The highest BCUT2D eigenvalue weighted by Gasteiger charge is 2.28. The number of carbonyl (C=O) groups excluding carboxylic acids is 1. The number of hydrogen-bond acceptors (Lipinski definition) is 6. The largest absolute Gasteiger partial charge is 0.473 e. The fourth-order valence-corrected chi connectivity index (χ4v) is 3.70. The first-order valence-electron chi connectivity index (χ1n) is 10.4. The number of hydrogen-bond donors (Lipinski definition) is 3. The van der Waals surface area contributed by atoms with Crippen LogP contribution in [0.25, 0.3) is 0 Å². The molecule has 3 aromatic rings. The normalized spacial score (nSPS) is 12.2. The SMILES string of the molecule is CN1C(=O)c2ccccc2N(CCCNCc2ccco2)c2ccc(Cl)cc21.O=C(O)C(=O)O. The van der Waals surface area contributed by atoms with Crippen molar-refractivity contribution in [3.05, 3.63) is 77.2 Å². The zero-order valence-electron chi connectivity index (χ0n) is 18.4. The van der Waals surface area contributed by atoms with Crippen LogP contribution < -0.4 is 15.1 Å². The number of fused-ring (bicyclic) bond motifs is 2.